The number of rotatable bonds is 6. The SMILES string of the molecule is CS(=O)(=O)CCOc1cccc(NC(=O)C2CCNCC2)c1.Cl. The molecule has 1 aliphatic rings. The molecule has 2 N–H and O–H groups in total. The molecule has 6 nitrogen and oxygen atoms in total. The molecule has 0 aliphatic carbocycles. The van der Waals surface area contributed by atoms with Crippen molar-refractivity contribution >= 4 is 33.8 Å². The average Bonchev–Trinajstić information content (AvgIpc) is 2.47. The van der Waals surface area contributed by atoms with E-state index in [1.54, 1.807) is 24.3 Å². The largest absolute Gasteiger partial charge is 0.492 e. The summed E-state index contributed by atoms with van der Waals surface area (Å²) in [6.07, 6.45) is 2.86. The van der Waals surface area contributed by atoms with Gasteiger partial charge in [-0.3, -0.25) is 4.79 Å². The van der Waals surface area contributed by atoms with Gasteiger partial charge in [0.2, 0.25) is 5.91 Å². The lowest BCUT2D eigenvalue weighted by atomic mass is 9.97. The number of sulfone groups is 1. The third kappa shape index (κ3) is 7.20. The van der Waals surface area contributed by atoms with Crippen LogP contribution < -0.4 is 15.4 Å². The molecule has 1 fully saturated rings. The molecule has 1 saturated heterocycles. The van der Waals surface area contributed by atoms with Crippen LogP contribution in [0.2, 0.25) is 0 Å². The first-order valence-corrected chi connectivity index (χ1v) is 9.42. The van der Waals surface area contributed by atoms with Crippen molar-refractivity contribution in [3.8, 4) is 5.75 Å². The summed E-state index contributed by atoms with van der Waals surface area (Å²) in [5.74, 6) is 0.580. The number of hydrogen-bond donors (Lipinski definition) is 2. The molecular weight excluding hydrogens is 340 g/mol. The second-order valence-corrected chi connectivity index (χ2v) is 7.78. The molecule has 0 aromatic heterocycles. The fraction of sp³-hybridized carbons (Fsp3) is 0.533. The minimum atomic E-state index is -3.04. The molecule has 8 heteroatoms. The predicted octanol–water partition coefficient (Wildman–Crippen LogP) is 1.47. The number of halogens is 1. The molecule has 0 spiro atoms. The lowest BCUT2D eigenvalue weighted by Gasteiger charge is -2.21. The van der Waals surface area contributed by atoms with E-state index in [0.717, 1.165) is 25.9 Å². The molecule has 0 bridgehead atoms. The summed E-state index contributed by atoms with van der Waals surface area (Å²) < 4.78 is 27.5. The molecule has 1 heterocycles. The number of benzene rings is 1. The molecule has 0 unspecified atom stereocenters. The zero-order chi connectivity index (χ0) is 16.0. The van der Waals surface area contributed by atoms with Gasteiger partial charge >= 0.3 is 0 Å². The maximum atomic E-state index is 12.2. The van der Waals surface area contributed by atoms with Crippen molar-refractivity contribution in [2.75, 3.05) is 37.0 Å². The lowest BCUT2D eigenvalue weighted by molar-refractivity contribution is -0.120. The summed E-state index contributed by atoms with van der Waals surface area (Å²) in [5.41, 5.74) is 0.667. The lowest BCUT2D eigenvalue weighted by Crippen LogP contribution is -2.34. The summed E-state index contributed by atoms with van der Waals surface area (Å²) in [5, 5.41) is 6.12. The smallest absolute Gasteiger partial charge is 0.227 e. The molecule has 2 rings (SSSR count). The van der Waals surface area contributed by atoms with E-state index in [4.69, 9.17) is 4.74 Å². The Bertz CT molecular complexity index is 616. The zero-order valence-corrected chi connectivity index (χ0v) is 14.7. The molecule has 1 aliphatic heterocycles. The Morgan fingerprint density at radius 1 is 1.35 bits per heavy atom. The zero-order valence-electron chi connectivity index (χ0n) is 13.1. The molecule has 1 aromatic carbocycles. The topological polar surface area (TPSA) is 84.5 Å². The van der Waals surface area contributed by atoms with Crippen LogP contribution in [-0.4, -0.2) is 46.0 Å². The summed E-state index contributed by atoms with van der Waals surface area (Å²) in [6, 6.07) is 7.01. The van der Waals surface area contributed by atoms with Crippen LogP contribution in [0.15, 0.2) is 24.3 Å². The third-order valence-corrected chi connectivity index (χ3v) is 4.44. The van der Waals surface area contributed by atoms with Crippen LogP contribution in [0.25, 0.3) is 0 Å². The van der Waals surface area contributed by atoms with E-state index in [1.165, 1.54) is 6.26 Å². The van der Waals surface area contributed by atoms with E-state index >= 15 is 0 Å². The summed E-state index contributed by atoms with van der Waals surface area (Å²) in [7, 11) is -3.04. The van der Waals surface area contributed by atoms with Crippen LogP contribution in [0.4, 0.5) is 5.69 Å². The van der Waals surface area contributed by atoms with E-state index in [-0.39, 0.29) is 36.6 Å². The number of ether oxygens (including phenoxy) is 1. The van der Waals surface area contributed by atoms with Crippen LogP contribution in [0, 0.1) is 5.92 Å². The molecule has 130 valence electrons. The molecule has 1 aromatic rings. The number of carbonyl (C=O) groups excluding carboxylic acids is 1. The normalized spacial score (nSPS) is 15.5. The van der Waals surface area contributed by atoms with E-state index in [9.17, 15) is 13.2 Å². The van der Waals surface area contributed by atoms with Crippen molar-refractivity contribution in [3.05, 3.63) is 24.3 Å². The Morgan fingerprint density at radius 2 is 2.04 bits per heavy atom. The summed E-state index contributed by atoms with van der Waals surface area (Å²) >= 11 is 0. The van der Waals surface area contributed by atoms with Crippen molar-refractivity contribution in [1.29, 1.82) is 0 Å². The highest BCUT2D eigenvalue weighted by Crippen LogP contribution is 2.20. The van der Waals surface area contributed by atoms with Gasteiger partial charge in [0.25, 0.3) is 0 Å². The van der Waals surface area contributed by atoms with Gasteiger partial charge in [-0.2, -0.15) is 0 Å². The fourth-order valence-electron chi connectivity index (χ4n) is 2.30. The number of nitrogens with one attached hydrogen (secondary N) is 2. The van der Waals surface area contributed by atoms with E-state index < -0.39 is 9.84 Å². The van der Waals surface area contributed by atoms with Crippen LogP contribution in [0.5, 0.6) is 5.75 Å². The van der Waals surface area contributed by atoms with E-state index in [0.29, 0.717) is 11.4 Å². The van der Waals surface area contributed by atoms with Gasteiger partial charge < -0.3 is 15.4 Å². The Labute approximate surface area is 143 Å². The maximum absolute atomic E-state index is 12.2. The number of piperidine rings is 1. The second kappa shape index (κ2) is 9.10. The van der Waals surface area contributed by atoms with Gasteiger partial charge in [-0.25, -0.2) is 8.42 Å². The van der Waals surface area contributed by atoms with Gasteiger partial charge in [0.05, 0.1) is 5.75 Å². The van der Waals surface area contributed by atoms with Crippen molar-refractivity contribution < 1.29 is 17.9 Å². The van der Waals surface area contributed by atoms with Gasteiger partial charge in [-0.15, -0.1) is 12.4 Å². The van der Waals surface area contributed by atoms with Crippen LogP contribution in [0.1, 0.15) is 12.8 Å². The van der Waals surface area contributed by atoms with Gasteiger partial charge in [0.15, 0.2) is 9.84 Å². The minimum absolute atomic E-state index is 0. The molecule has 0 saturated carbocycles. The Morgan fingerprint density at radius 3 is 2.70 bits per heavy atom. The molecule has 0 radical (unpaired) electrons. The first kappa shape index (κ1) is 19.7. The van der Waals surface area contributed by atoms with Crippen LogP contribution >= 0.6 is 12.4 Å². The van der Waals surface area contributed by atoms with Crippen molar-refractivity contribution in [1.82, 2.24) is 5.32 Å². The van der Waals surface area contributed by atoms with E-state index in [1.807, 2.05) is 0 Å². The second-order valence-electron chi connectivity index (χ2n) is 5.52. The van der Waals surface area contributed by atoms with Gasteiger partial charge in [-0.1, -0.05) is 6.07 Å². The first-order valence-electron chi connectivity index (χ1n) is 7.36. The highest BCUT2D eigenvalue weighted by atomic mass is 35.5. The van der Waals surface area contributed by atoms with Gasteiger partial charge in [0.1, 0.15) is 12.4 Å². The summed E-state index contributed by atoms with van der Waals surface area (Å²) in [6.45, 7) is 1.84. The Kier molecular flexibility index (Phi) is 7.81. The molecule has 1 amide bonds. The number of anilines is 1. The molecule has 0 atom stereocenters. The van der Waals surface area contributed by atoms with Crippen LogP contribution in [-0.2, 0) is 14.6 Å². The molecular formula is C15H23ClN2O4S. The summed E-state index contributed by atoms with van der Waals surface area (Å²) in [4.78, 5) is 12.2. The Balaban J connectivity index is 0.00000264. The quantitative estimate of drug-likeness (QED) is 0.800. The first-order chi connectivity index (χ1) is 10.4. The van der Waals surface area contributed by atoms with Crippen molar-refractivity contribution in [2.24, 2.45) is 5.92 Å². The van der Waals surface area contributed by atoms with Crippen molar-refractivity contribution in [2.45, 2.75) is 12.8 Å². The van der Waals surface area contributed by atoms with Crippen molar-refractivity contribution in [3.63, 3.8) is 0 Å². The maximum Gasteiger partial charge on any atom is 0.227 e. The third-order valence-electron chi connectivity index (χ3n) is 3.53. The van der Waals surface area contributed by atoms with Gasteiger partial charge in [0, 0.05) is 23.9 Å². The Hall–Kier alpha value is -1.31. The predicted molar refractivity (Wildman–Crippen MR) is 93.1 cm³/mol. The van der Waals surface area contributed by atoms with Crippen LogP contribution in [0.3, 0.4) is 0 Å². The monoisotopic (exact) mass is 362 g/mol. The fourth-order valence-corrected chi connectivity index (χ4v) is 2.69. The standard InChI is InChI=1S/C15H22N2O4S.ClH/c1-22(19,20)10-9-21-14-4-2-3-13(11-14)17-15(18)12-5-7-16-8-6-12;/h2-4,11-12,16H,5-10H2,1H3,(H,17,18);1H. The number of carbonyl (C=O) groups is 1. The highest BCUT2D eigenvalue weighted by Gasteiger charge is 2.20. The van der Waals surface area contributed by atoms with E-state index in [2.05, 4.69) is 10.6 Å². The number of amides is 1. The number of hydrogen-bond acceptors (Lipinski definition) is 5. The highest BCUT2D eigenvalue weighted by molar-refractivity contribution is 7.90. The molecule has 23 heavy (non-hydrogen) atoms. The average molecular weight is 363 g/mol. The van der Waals surface area contributed by atoms with Gasteiger partial charge in [-0.05, 0) is 38.1 Å². The minimum Gasteiger partial charge on any atom is -0.492 e.